The first-order chi connectivity index (χ1) is 10.4. The van der Waals surface area contributed by atoms with Crippen molar-refractivity contribution in [3.63, 3.8) is 0 Å². The minimum absolute atomic E-state index is 0.106. The van der Waals surface area contributed by atoms with E-state index in [1.54, 1.807) is 0 Å². The Morgan fingerprint density at radius 3 is 2.86 bits per heavy atom. The minimum atomic E-state index is 0.106. The molecule has 2 unspecified atom stereocenters. The van der Waals surface area contributed by atoms with Gasteiger partial charge in [-0.2, -0.15) is 0 Å². The zero-order valence-electron chi connectivity index (χ0n) is 14.6. The van der Waals surface area contributed by atoms with Gasteiger partial charge in [0, 0.05) is 32.8 Å². The maximum absolute atomic E-state index is 11.3. The molecule has 5 nitrogen and oxygen atoms in total. The predicted molar refractivity (Wildman–Crippen MR) is 93.3 cm³/mol. The van der Waals surface area contributed by atoms with E-state index in [-0.39, 0.29) is 11.8 Å². The third kappa shape index (κ3) is 9.73. The Bertz CT molecular complexity index is 321. The molecule has 0 aromatic heterocycles. The number of hydrogen-bond acceptors (Lipinski definition) is 4. The van der Waals surface area contributed by atoms with Crippen LogP contribution in [0.2, 0.25) is 0 Å². The molecule has 2 atom stereocenters. The van der Waals surface area contributed by atoms with Crippen LogP contribution in [0.3, 0.4) is 0 Å². The van der Waals surface area contributed by atoms with Gasteiger partial charge in [0.05, 0.1) is 19.3 Å². The molecule has 6 heteroatoms. The van der Waals surface area contributed by atoms with Gasteiger partial charge in [-0.05, 0) is 33.5 Å². The van der Waals surface area contributed by atoms with Crippen molar-refractivity contribution in [2.45, 2.75) is 39.7 Å². The van der Waals surface area contributed by atoms with Crippen molar-refractivity contribution in [3.8, 4) is 0 Å². The van der Waals surface area contributed by atoms with E-state index in [9.17, 15) is 4.79 Å². The van der Waals surface area contributed by atoms with Crippen LogP contribution in [-0.2, 0) is 9.47 Å². The first-order valence-corrected chi connectivity index (χ1v) is 9.78. The summed E-state index contributed by atoms with van der Waals surface area (Å²) in [7, 11) is 0.303. The number of rotatable bonds is 9. The fourth-order valence-corrected chi connectivity index (χ4v) is 2.68. The number of ether oxygens (including phenoxy) is 2. The number of hydrogen-bond donors (Lipinski definition) is 1. The van der Waals surface area contributed by atoms with Crippen LogP contribution in [0, 0.1) is 5.41 Å². The Balaban J connectivity index is 2.07. The van der Waals surface area contributed by atoms with Crippen LogP contribution in [0.15, 0.2) is 0 Å². The minimum Gasteiger partial charge on any atom is -0.380 e. The molecule has 1 fully saturated rings. The molecule has 0 aromatic rings. The van der Waals surface area contributed by atoms with E-state index in [0.29, 0.717) is 20.5 Å². The summed E-state index contributed by atoms with van der Waals surface area (Å²) in [4.78, 5) is 13.7. The molecular weight excluding hydrogens is 299 g/mol. The van der Waals surface area contributed by atoms with Crippen LogP contribution in [-0.4, -0.2) is 69.3 Å². The molecule has 0 spiro atoms. The maximum Gasteiger partial charge on any atom is 0.237 e. The largest absolute Gasteiger partial charge is 0.380 e. The molecular formula is C16H33N2O3P. The van der Waals surface area contributed by atoms with Gasteiger partial charge in [-0.1, -0.05) is 20.8 Å². The van der Waals surface area contributed by atoms with Crippen molar-refractivity contribution >= 4 is 14.2 Å². The van der Waals surface area contributed by atoms with E-state index in [2.05, 4.69) is 31.0 Å². The highest BCUT2D eigenvalue weighted by Crippen LogP contribution is 2.20. The van der Waals surface area contributed by atoms with E-state index in [1.165, 1.54) is 6.42 Å². The van der Waals surface area contributed by atoms with Gasteiger partial charge in [0.1, 0.15) is 0 Å². The second kappa shape index (κ2) is 10.5. The fourth-order valence-electron chi connectivity index (χ4n) is 2.40. The zero-order valence-corrected chi connectivity index (χ0v) is 15.6. The summed E-state index contributed by atoms with van der Waals surface area (Å²) in [5.74, 6) is 0. The van der Waals surface area contributed by atoms with Crippen LogP contribution in [0.25, 0.3) is 0 Å². The van der Waals surface area contributed by atoms with E-state index < -0.39 is 0 Å². The molecule has 1 aliphatic heterocycles. The van der Waals surface area contributed by atoms with Gasteiger partial charge in [-0.15, -0.1) is 0 Å². The smallest absolute Gasteiger partial charge is 0.237 e. The summed E-state index contributed by atoms with van der Waals surface area (Å²) in [6, 6.07) is 0. The Hall–Kier alpha value is -0.220. The highest BCUT2D eigenvalue weighted by molar-refractivity contribution is 7.56. The highest BCUT2D eigenvalue weighted by atomic mass is 31.1. The van der Waals surface area contributed by atoms with E-state index in [4.69, 9.17) is 9.47 Å². The van der Waals surface area contributed by atoms with E-state index >= 15 is 0 Å². The Morgan fingerprint density at radius 1 is 1.41 bits per heavy atom. The molecule has 130 valence electrons. The van der Waals surface area contributed by atoms with Crippen molar-refractivity contribution in [1.29, 1.82) is 0 Å². The Kier molecular flexibility index (Phi) is 9.49. The highest BCUT2D eigenvalue weighted by Gasteiger charge is 2.20. The predicted octanol–water partition coefficient (Wildman–Crippen LogP) is 2.55. The third-order valence-corrected chi connectivity index (χ3v) is 4.34. The molecule has 1 heterocycles. The number of amides is 1. The van der Waals surface area contributed by atoms with Crippen molar-refractivity contribution in [1.82, 2.24) is 10.2 Å². The normalized spacial score (nSPS) is 20.6. The molecule has 1 rings (SSSR count). The number of nitrogens with one attached hydrogen (secondary N) is 1. The fraction of sp³-hybridized carbons (Fsp3) is 0.938. The lowest BCUT2D eigenvalue weighted by atomic mass is 9.91. The standard InChI is InChI=1S/C16H33N2O3P/c1-16(2,3)6-5-9-20-10-7-18-8-11-21-14(13-18)12-17-15(19)22-4/h14,22H,5-13H2,1-4H3,(H,17,19). The molecule has 0 aliphatic carbocycles. The second-order valence-corrected chi connectivity index (χ2v) is 7.98. The number of morpholine rings is 1. The van der Waals surface area contributed by atoms with Crippen molar-refractivity contribution in [2.75, 3.05) is 52.7 Å². The van der Waals surface area contributed by atoms with Gasteiger partial charge < -0.3 is 14.8 Å². The van der Waals surface area contributed by atoms with Crippen molar-refractivity contribution < 1.29 is 14.3 Å². The van der Waals surface area contributed by atoms with E-state index in [0.717, 1.165) is 45.9 Å². The molecule has 0 radical (unpaired) electrons. The summed E-state index contributed by atoms with van der Waals surface area (Å²) >= 11 is 0. The SMILES string of the molecule is CPC(=O)NCC1CN(CCOCCCC(C)(C)C)CCO1. The first-order valence-electron chi connectivity index (χ1n) is 8.28. The second-order valence-electron chi connectivity index (χ2n) is 7.03. The summed E-state index contributed by atoms with van der Waals surface area (Å²) < 4.78 is 11.4. The van der Waals surface area contributed by atoms with Gasteiger partial charge >= 0.3 is 0 Å². The number of carbonyl (C=O) groups is 1. The summed E-state index contributed by atoms with van der Waals surface area (Å²) in [6.07, 6.45) is 2.43. The monoisotopic (exact) mass is 332 g/mol. The molecule has 0 saturated carbocycles. The molecule has 1 N–H and O–H groups in total. The van der Waals surface area contributed by atoms with Gasteiger partial charge in [0.2, 0.25) is 5.65 Å². The van der Waals surface area contributed by atoms with Gasteiger partial charge in [0.25, 0.3) is 0 Å². The third-order valence-electron chi connectivity index (χ3n) is 3.71. The quantitative estimate of drug-likeness (QED) is 0.521. The van der Waals surface area contributed by atoms with Crippen LogP contribution < -0.4 is 5.32 Å². The maximum atomic E-state index is 11.3. The lowest BCUT2D eigenvalue weighted by molar-refractivity contribution is -0.0337. The summed E-state index contributed by atoms with van der Waals surface area (Å²) in [6.45, 7) is 14.4. The molecule has 0 aromatic carbocycles. The van der Waals surface area contributed by atoms with Crippen molar-refractivity contribution in [2.24, 2.45) is 5.41 Å². The first kappa shape index (κ1) is 19.8. The Morgan fingerprint density at radius 2 is 2.18 bits per heavy atom. The molecule has 1 aliphatic rings. The Labute approximate surface area is 137 Å². The van der Waals surface area contributed by atoms with Gasteiger partial charge in [-0.3, -0.25) is 9.69 Å². The zero-order chi connectivity index (χ0) is 16.4. The molecule has 0 bridgehead atoms. The average molecular weight is 332 g/mol. The summed E-state index contributed by atoms with van der Waals surface area (Å²) in [5.41, 5.74) is 0.507. The lowest BCUT2D eigenvalue weighted by Crippen LogP contribution is -2.47. The van der Waals surface area contributed by atoms with Crippen LogP contribution in [0.4, 0.5) is 4.79 Å². The molecule has 22 heavy (non-hydrogen) atoms. The number of carbonyl (C=O) groups excluding carboxylic acids is 1. The molecule has 1 saturated heterocycles. The van der Waals surface area contributed by atoms with Crippen molar-refractivity contribution in [3.05, 3.63) is 0 Å². The van der Waals surface area contributed by atoms with Crippen LogP contribution in [0.5, 0.6) is 0 Å². The average Bonchev–Trinajstić information content (AvgIpc) is 2.47. The summed E-state index contributed by atoms with van der Waals surface area (Å²) in [5, 5.41) is 2.91. The van der Waals surface area contributed by atoms with Gasteiger partial charge in [-0.25, -0.2) is 0 Å². The van der Waals surface area contributed by atoms with E-state index in [1.807, 2.05) is 6.66 Å². The van der Waals surface area contributed by atoms with Gasteiger partial charge in [0.15, 0.2) is 0 Å². The number of nitrogens with zero attached hydrogens (tertiary/aromatic N) is 1. The topological polar surface area (TPSA) is 50.8 Å². The molecule has 1 amide bonds. The lowest BCUT2D eigenvalue weighted by Gasteiger charge is -2.32. The van der Waals surface area contributed by atoms with Crippen LogP contribution >= 0.6 is 8.58 Å². The van der Waals surface area contributed by atoms with Crippen LogP contribution in [0.1, 0.15) is 33.6 Å².